The van der Waals surface area contributed by atoms with E-state index >= 15 is 0 Å². The van der Waals surface area contributed by atoms with Crippen LogP contribution < -0.4 is 0 Å². The zero-order chi connectivity index (χ0) is 8.10. The van der Waals surface area contributed by atoms with Crippen LogP contribution in [0.3, 0.4) is 0 Å². The number of likely N-dealkylation sites (tertiary alicyclic amines) is 1. The lowest BCUT2D eigenvalue weighted by molar-refractivity contribution is 0.134. The van der Waals surface area contributed by atoms with Crippen molar-refractivity contribution in [2.45, 2.75) is 31.7 Å². The van der Waals surface area contributed by atoms with Crippen LogP contribution in [-0.4, -0.2) is 31.2 Å². The number of ether oxygens (including phenoxy) is 1. The van der Waals surface area contributed by atoms with Crippen molar-refractivity contribution >= 4 is 0 Å². The molecule has 1 saturated heterocycles. The monoisotopic (exact) mass is 156 g/mol. The summed E-state index contributed by atoms with van der Waals surface area (Å²) in [6.45, 7) is 2.03. The van der Waals surface area contributed by atoms with Crippen LogP contribution in [0.25, 0.3) is 0 Å². The van der Waals surface area contributed by atoms with E-state index in [9.17, 15) is 0 Å². The Morgan fingerprint density at radius 3 is 3.00 bits per heavy atom. The summed E-state index contributed by atoms with van der Waals surface area (Å²) in [6.07, 6.45) is 5.11. The Labute approximate surface area is 69.5 Å². The van der Waals surface area contributed by atoms with Gasteiger partial charge in [-0.15, -0.1) is 0 Å². The van der Waals surface area contributed by atoms with Crippen LogP contribution in [0.4, 0.5) is 0 Å². The maximum absolute atomic E-state index is 5.04. The Bertz CT molecular complexity index is 106. The van der Waals surface area contributed by atoms with E-state index in [4.69, 9.17) is 4.74 Å². The first-order valence-electron chi connectivity index (χ1n) is 4.40. The summed E-state index contributed by atoms with van der Waals surface area (Å²) in [6, 6.07) is 0.670. The quantitative estimate of drug-likeness (QED) is 0.616. The Morgan fingerprint density at radius 1 is 1.55 bits per heavy atom. The molecule has 0 spiro atoms. The molecule has 1 fully saturated rings. The van der Waals surface area contributed by atoms with Crippen LogP contribution in [-0.2, 0) is 4.74 Å². The Hall–Kier alpha value is -0.0800. The first-order valence-corrected chi connectivity index (χ1v) is 4.40. The minimum Gasteiger partial charge on any atom is -0.385 e. The highest BCUT2D eigenvalue weighted by molar-refractivity contribution is 4.75. The molecule has 0 amide bonds. The SMILES string of the molecule is [CH2]N1CCCCC1CCOC. The van der Waals surface area contributed by atoms with E-state index in [0.717, 1.165) is 19.6 Å². The number of piperidine rings is 1. The van der Waals surface area contributed by atoms with Crippen molar-refractivity contribution in [3.63, 3.8) is 0 Å². The second-order valence-corrected chi connectivity index (χ2v) is 3.24. The van der Waals surface area contributed by atoms with Gasteiger partial charge in [0.15, 0.2) is 0 Å². The third kappa shape index (κ3) is 2.80. The van der Waals surface area contributed by atoms with Gasteiger partial charge >= 0.3 is 0 Å². The van der Waals surface area contributed by atoms with Gasteiger partial charge in [0.25, 0.3) is 0 Å². The molecule has 65 valence electrons. The molecule has 0 aliphatic carbocycles. The normalized spacial score (nSPS) is 27.3. The van der Waals surface area contributed by atoms with Crippen molar-refractivity contribution in [3.05, 3.63) is 7.05 Å². The highest BCUT2D eigenvalue weighted by Crippen LogP contribution is 2.17. The molecule has 0 N–H and O–H groups in total. The largest absolute Gasteiger partial charge is 0.385 e. The van der Waals surface area contributed by atoms with E-state index < -0.39 is 0 Å². The highest BCUT2D eigenvalue weighted by atomic mass is 16.5. The Balaban J connectivity index is 2.18. The average molecular weight is 156 g/mol. The number of nitrogens with zero attached hydrogens (tertiary/aromatic N) is 1. The predicted octanol–water partition coefficient (Wildman–Crippen LogP) is 1.67. The lowest BCUT2D eigenvalue weighted by atomic mass is 10.0. The van der Waals surface area contributed by atoms with Gasteiger partial charge in [0, 0.05) is 26.8 Å². The number of hydrogen-bond donors (Lipinski definition) is 0. The summed E-state index contributed by atoms with van der Waals surface area (Å²) in [5.41, 5.74) is 0. The maximum atomic E-state index is 5.04. The van der Waals surface area contributed by atoms with E-state index in [1.165, 1.54) is 19.3 Å². The first kappa shape index (κ1) is 9.01. The van der Waals surface area contributed by atoms with Gasteiger partial charge in [-0.2, -0.15) is 0 Å². The fraction of sp³-hybridized carbons (Fsp3) is 0.889. The summed E-state index contributed by atoms with van der Waals surface area (Å²) >= 11 is 0. The Morgan fingerprint density at radius 2 is 2.36 bits per heavy atom. The standard InChI is InChI=1S/C9H18NO/c1-10-7-4-3-5-9(10)6-8-11-2/h9H,1,3-8H2,2H3. The van der Waals surface area contributed by atoms with Gasteiger partial charge in [-0.3, -0.25) is 4.90 Å². The molecule has 0 saturated carbocycles. The molecule has 0 bridgehead atoms. The van der Waals surface area contributed by atoms with Crippen LogP contribution in [0.15, 0.2) is 0 Å². The van der Waals surface area contributed by atoms with E-state index in [2.05, 4.69) is 11.9 Å². The summed E-state index contributed by atoms with van der Waals surface area (Å²) in [4.78, 5) is 2.21. The predicted molar refractivity (Wildman–Crippen MR) is 46.2 cm³/mol. The van der Waals surface area contributed by atoms with Gasteiger partial charge < -0.3 is 4.74 Å². The molecule has 1 unspecified atom stereocenters. The molecule has 1 atom stereocenters. The van der Waals surface area contributed by atoms with Crippen LogP contribution in [0.2, 0.25) is 0 Å². The zero-order valence-electron chi connectivity index (χ0n) is 7.38. The van der Waals surface area contributed by atoms with Crippen LogP contribution in [0.5, 0.6) is 0 Å². The third-order valence-electron chi connectivity index (χ3n) is 2.40. The van der Waals surface area contributed by atoms with Crippen molar-refractivity contribution in [3.8, 4) is 0 Å². The fourth-order valence-corrected chi connectivity index (χ4v) is 1.64. The van der Waals surface area contributed by atoms with Crippen molar-refractivity contribution in [2.24, 2.45) is 0 Å². The molecule has 1 aliphatic rings. The molecule has 11 heavy (non-hydrogen) atoms. The van der Waals surface area contributed by atoms with E-state index in [1.807, 2.05) is 0 Å². The molecular formula is C9H18NO. The number of hydrogen-bond acceptors (Lipinski definition) is 2. The summed E-state index contributed by atoms with van der Waals surface area (Å²) in [5, 5.41) is 0. The highest BCUT2D eigenvalue weighted by Gasteiger charge is 2.17. The van der Waals surface area contributed by atoms with Gasteiger partial charge in [0.1, 0.15) is 0 Å². The lowest BCUT2D eigenvalue weighted by Crippen LogP contribution is -2.35. The second kappa shape index (κ2) is 4.73. The molecule has 0 aromatic carbocycles. The van der Waals surface area contributed by atoms with Crippen molar-refractivity contribution in [2.75, 3.05) is 20.3 Å². The summed E-state index contributed by atoms with van der Waals surface area (Å²) < 4.78 is 5.04. The molecule has 2 nitrogen and oxygen atoms in total. The molecule has 2 heteroatoms. The second-order valence-electron chi connectivity index (χ2n) is 3.24. The smallest absolute Gasteiger partial charge is 0.0477 e. The van der Waals surface area contributed by atoms with Crippen LogP contribution >= 0.6 is 0 Å². The van der Waals surface area contributed by atoms with Gasteiger partial charge in [-0.05, 0) is 25.8 Å². The van der Waals surface area contributed by atoms with Crippen molar-refractivity contribution < 1.29 is 4.74 Å². The zero-order valence-corrected chi connectivity index (χ0v) is 7.38. The topological polar surface area (TPSA) is 12.5 Å². The maximum Gasteiger partial charge on any atom is 0.0477 e. The molecule has 0 aromatic rings. The van der Waals surface area contributed by atoms with Crippen molar-refractivity contribution in [1.29, 1.82) is 0 Å². The Kier molecular flexibility index (Phi) is 3.87. The summed E-state index contributed by atoms with van der Waals surface area (Å²) in [5.74, 6) is 0. The van der Waals surface area contributed by atoms with Crippen molar-refractivity contribution in [1.82, 2.24) is 4.90 Å². The number of methoxy groups -OCH3 is 1. The van der Waals surface area contributed by atoms with E-state index in [-0.39, 0.29) is 0 Å². The van der Waals surface area contributed by atoms with E-state index in [1.54, 1.807) is 7.11 Å². The van der Waals surface area contributed by atoms with Gasteiger partial charge in [0.2, 0.25) is 0 Å². The first-order chi connectivity index (χ1) is 5.34. The molecular weight excluding hydrogens is 138 g/mol. The van der Waals surface area contributed by atoms with Gasteiger partial charge in [-0.25, -0.2) is 0 Å². The third-order valence-corrected chi connectivity index (χ3v) is 2.40. The van der Waals surface area contributed by atoms with Gasteiger partial charge in [0.05, 0.1) is 0 Å². The average Bonchev–Trinajstić information content (AvgIpc) is 2.03. The lowest BCUT2D eigenvalue weighted by Gasteiger charge is -2.31. The minimum absolute atomic E-state index is 0.670. The summed E-state index contributed by atoms with van der Waals surface area (Å²) in [7, 11) is 5.77. The fourth-order valence-electron chi connectivity index (χ4n) is 1.64. The molecule has 1 rings (SSSR count). The van der Waals surface area contributed by atoms with Gasteiger partial charge in [-0.1, -0.05) is 6.42 Å². The van der Waals surface area contributed by atoms with Crippen LogP contribution in [0.1, 0.15) is 25.7 Å². The van der Waals surface area contributed by atoms with E-state index in [0.29, 0.717) is 6.04 Å². The molecule has 0 aromatic heterocycles. The molecule has 1 heterocycles. The van der Waals surface area contributed by atoms with Crippen LogP contribution in [0, 0.1) is 7.05 Å². The minimum atomic E-state index is 0.670. The molecule has 1 radical (unpaired) electrons. The molecule has 1 aliphatic heterocycles. The number of rotatable bonds is 3.